The van der Waals surface area contributed by atoms with Gasteiger partial charge in [0.05, 0.1) is 24.9 Å². The van der Waals surface area contributed by atoms with E-state index in [-0.39, 0.29) is 30.1 Å². The maximum absolute atomic E-state index is 5.89. The Bertz CT molecular complexity index is 519. The maximum Gasteiger partial charge on any atom is 0.191 e. The Morgan fingerprint density at radius 1 is 1.44 bits per heavy atom. The number of rotatable bonds is 7. The van der Waals surface area contributed by atoms with Crippen LogP contribution in [0.5, 0.6) is 0 Å². The van der Waals surface area contributed by atoms with Crippen molar-refractivity contribution in [3.63, 3.8) is 0 Å². The molecule has 1 atom stereocenters. The zero-order valence-corrected chi connectivity index (χ0v) is 18.2. The zero-order valence-electron chi connectivity index (χ0n) is 15.9. The van der Waals surface area contributed by atoms with E-state index < -0.39 is 0 Å². The summed E-state index contributed by atoms with van der Waals surface area (Å²) >= 11 is 0. The van der Waals surface area contributed by atoms with Gasteiger partial charge in [-0.25, -0.2) is 4.99 Å². The highest BCUT2D eigenvalue weighted by molar-refractivity contribution is 14.0. The van der Waals surface area contributed by atoms with E-state index in [0.717, 1.165) is 51.0 Å². The predicted molar refractivity (Wildman–Crippen MR) is 112 cm³/mol. The van der Waals surface area contributed by atoms with Gasteiger partial charge < -0.3 is 15.4 Å². The number of hydrogen-bond donors (Lipinski definition) is 2. The van der Waals surface area contributed by atoms with Crippen molar-refractivity contribution in [1.82, 2.24) is 25.3 Å². The van der Waals surface area contributed by atoms with E-state index in [0.29, 0.717) is 12.5 Å². The number of aryl methyl sites for hydroxylation is 1. The molecule has 2 heterocycles. The van der Waals surface area contributed by atoms with E-state index in [4.69, 9.17) is 4.74 Å². The Morgan fingerprint density at radius 3 is 2.88 bits per heavy atom. The normalized spacial score (nSPS) is 18.9. The van der Waals surface area contributed by atoms with Crippen molar-refractivity contribution in [2.24, 2.45) is 18.0 Å². The minimum absolute atomic E-state index is 0. The fourth-order valence-corrected chi connectivity index (χ4v) is 2.85. The van der Waals surface area contributed by atoms with E-state index in [1.54, 1.807) is 6.20 Å². The van der Waals surface area contributed by atoms with Gasteiger partial charge >= 0.3 is 0 Å². The lowest BCUT2D eigenvalue weighted by atomic mass is 10.2. The van der Waals surface area contributed by atoms with Gasteiger partial charge in [-0.2, -0.15) is 5.10 Å². The number of aliphatic imine (C=N–C) groups is 1. The van der Waals surface area contributed by atoms with Crippen molar-refractivity contribution >= 4 is 29.9 Å². The molecule has 1 aromatic rings. The minimum atomic E-state index is 0. The van der Waals surface area contributed by atoms with E-state index in [2.05, 4.69) is 46.4 Å². The first-order chi connectivity index (χ1) is 11.6. The molecule has 0 aliphatic carbocycles. The zero-order chi connectivity index (χ0) is 17.4. The number of ether oxygens (including phenoxy) is 1. The Kier molecular flexibility index (Phi) is 10.4. The smallest absolute Gasteiger partial charge is 0.191 e. The molecule has 0 spiro atoms. The molecule has 2 N–H and O–H groups in total. The lowest BCUT2D eigenvalue weighted by Crippen LogP contribution is -2.50. The van der Waals surface area contributed by atoms with Crippen molar-refractivity contribution in [1.29, 1.82) is 0 Å². The largest absolute Gasteiger partial charge is 0.374 e. The molecule has 1 aliphatic heterocycles. The third kappa shape index (κ3) is 7.91. The molecule has 0 aromatic carbocycles. The molecule has 1 aliphatic rings. The Morgan fingerprint density at radius 2 is 2.24 bits per heavy atom. The van der Waals surface area contributed by atoms with Crippen LogP contribution in [0.15, 0.2) is 17.3 Å². The monoisotopic (exact) mass is 464 g/mol. The standard InChI is InChI=1S/C17H32N6O.HI/c1-5-18-17(19-10-15-6-7-21-22(15)4)20-11-16-13-23(8-9-24-16)12-14(2)3;/h6-7,14,16H,5,8-13H2,1-4H3,(H2,18,19,20);1H. The van der Waals surface area contributed by atoms with Crippen LogP contribution >= 0.6 is 24.0 Å². The maximum atomic E-state index is 5.89. The van der Waals surface area contributed by atoms with Crippen LogP contribution in [0.25, 0.3) is 0 Å². The Balaban J connectivity index is 0.00000312. The summed E-state index contributed by atoms with van der Waals surface area (Å²) < 4.78 is 7.74. The van der Waals surface area contributed by atoms with Gasteiger partial charge in [0.15, 0.2) is 5.96 Å². The van der Waals surface area contributed by atoms with Crippen LogP contribution in [0.2, 0.25) is 0 Å². The molecule has 1 unspecified atom stereocenters. The van der Waals surface area contributed by atoms with Crippen LogP contribution in [-0.4, -0.2) is 66.1 Å². The van der Waals surface area contributed by atoms with Gasteiger partial charge in [0.25, 0.3) is 0 Å². The van der Waals surface area contributed by atoms with Gasteiger partial charge in [-0.1, -0.05) is 13.8 Å². The van der Waals surface area contributed by atoms with Crippen molar-refractivity contribution < 1.29 is 4.74 Å². The first-order valence-electron chi connectivity index (χ1n) is 8.91. The van der Waals surface area contributed by atoms with Crippen molar-refractivity contribution in [2.75, 3.05) is 39.3 Å². The second-order valence-corrected chi connectivity index (χ2v) is 6.67. The molecule has 8 heteroatoms. The summed E-state index contributed by atoms with van der Waals surface area (Å²) in [6.45, 7) is 12.8. The highest BCUT2D eigenvalue weighted by Gasteiger charge is 2.21. The Hall–Kier alpha value is -0.870. The number of halogens is 1. The third-order valence-corrected chi connectivity index (χ3v) is 4.01. The fourth-order valence-electron chi connectivity index (χ4n) is 2.85. The summed E-state index contributed by atoms with van der Waals surface area (Å²) in [7, 11) is 1.93. The summed E-state index contributed by atoms with van der Waals surface area (Å²) in [6, 6.07) is 1.99. The molecule has 1 aromatic heterocycles. The summed E-state index contributed by atoms with van der Waals surface area (Å²) in [6.07, 6.45) is 2.00. The average molecular weight is 464 g/mol. The predicted octanol–water partition coefficient (Wildman–Crippen LogP) is 1.45. The number of guanidine groups is 1. The van der Waals surface area contributed by atoms with Gasteiger partial charge in [0.2, 0.25) is 0 Å². The first-order valence-corrected chi connectivity index (χ1v) is 8.91. The molecular weight excluding hydrogens is 431 g/mol. The van der Waals surface area contributed by atoms with Gasteiger partial charge in [-0.15, -0.1) is 24.0 Å². The van der Waals surface area contributed by atoms with Crippen LogP contribution in [-0.2, 0) is 18.3 Å². The molecular formula is C17H33IN6O. The number of nitrogens with one attached hydrogen (secondary N) is 2. The summed E-state index contributed by atoms with van der Waals surface area (Å²) in [4.78, 5) is 7.12. The summed E-state index contributed by atoms with van der Waals surface area (Å²) in [5.41, 5.74) is 1.09. The van der Waals surface area contributed by atoms with Crippen LogP contribution < -0.4 is 10.6 Å². The molecule has 25 heavy (non-hydrogen) atoms. The Labute approximate surface area is 168 Å². The molecule has 0 bridgehead atoms. The third-order valence-electron chi connectivity index (χ3n) is 4.01. The SMILES string of the molecule is CCNC(=NCc1ccnn1C)NCC1CN(CC(C)C)CCO1.I. The van der Waals surface area contributed by atoms with Crippen LogP contribution in [0.1, 0.15) is 26.5 Å². The van der Waals surface area contributed by atoms with Gasteiger partial charge in [0.1, 0.15) is 0 Å². The molecule has 0 saturated carbocycles. The number of aromatic nitrogens is 2. The summed E-state index contributed by atoms with van der Waals surface area (Å²) in [5, 5.41) is 10.9. The number of morpholine rings is 1. The average Bonchev–Trinajstić information content (AvgIpc) is 2.95. The van der Waals surface area contributed by atoms with Crippen LogP contribution in [0.4, 0.5) is 0 Å². The van der Waals surface area contributed by atoms with Crippen molar-refractivity contribution in [3.8, 4) is 0 Å². The molecule has 1 fully saturated rings. The van der Waals surface area contributed by atoms with Gasteiger partial charge in [0, 0.05) is 46.0 Å². The quantitative estimate of drug-likeness (QED) is 0.364. The van der Waals surface area contributed by atoms with E-state index in [1.165, 1.54) is 0 Å². The first kappa shape index (κ1) is 22.2. The lowest BCUT2D eigenvalue weighted by Gasteiger charge is -2.34. The van der Waals surface area contributed by atoms with Crippen molar-refractivity contribution in [3.05, 3.63) is 18.0 Å². The van der Waals surface area contributed by atoms with Crippen LogP contribution in [0, 0.1) is 5.92 Å². The molecule has 144 valence electrons. The molecule has 1 saturated heterocycles. The second kappa shape index (κ2) is 11.7. The summed E-state index contributed by atoms with van der Waals surface area (Å²) in [5.74, 6) is 1.51. The van der Waals surface area contributed by atoms with E-state index in [1.807, 2.05) is 17.8 Å². The number of hydrogen-bond acceptors (Lipinski definition) is 4. The highest BCUT2D eigenvalue weighted by Crippen LogP contribution is 2.07. The van der Waals surface area contributed by atoms with E-state index >= 15 is 0 Å². The fraction of sp³-hybridized carbons (Fsp3) is 0.765. The molecule has 2 rings (SSSR count). The number of nitrogens with zero attached hydrogens (tertiary/aromatic N) is 4. The van der Waals surface area contributed by atoms with E-state index in [9.17, 15) is 0 Å². The molecule has 0 radical (unpaired) electrons. The van der Waals surface area contributed by atoms with Crippen molar-refractivity contribution in [2.45, 2.75) is 33.4 Å². The van der Waals surface area contributed by atoms with Crippen LogP contribution in [0.3, 0.4) is 0 Å². The molecule has 0 amide bonds. The second-order valence-electron chi connectivity index (χ2n) is 6.67. The lowest BCUT2D eigenvalue weighted by molar-refractivity contribution is -0.0284. The minimum Gasteiger partial charge on any atom is -0.374 e. The van der Waals surface area contributed by atoms with Gasteiger partial charge in [-0.3, -0.25) is 9.58 Å². The topological polar surface area (TPSA) is 66.7 Å². The highest BCUT2D eigenvalue weighted by atomic mass is 127. The molecule has 7 nitrogen and oxygen atoms in total. The van der Waals surface area contributed by atoms with Gasteiger partial charge in [-0.05, 0) is 18.9 Å².